The fourth-order valence-electron chi connectivity index (χ4n) is 12.0. The van der Waals surface area contributed by atoms with Gasteiger partial charge in [-0.15, -0.1) is 0 Å². The molecule has 87 heavy (non-hydrogen) atoms. The molecule has 0 aromatic heterocycles. The number of rotatable bonds is 36. The van der Waals surface area contributed by atoms with Crippen molar-refractivity contribution in [3.05, 3.63) is 81.4 Å². The number of ether oxygens (including phenoxy) is 5. The predicted octanol–water partition coefficient (Wildman–Crippen LogP) is 9.07. The highest BCUT2D eigenvalue weighted by Gasteiger charge is 2.36. The lowest BCUT2D eigenvalue weighted by atomic mass is 9.93. The number of aryl methyl sites for hydroxylation is 3. The van der Waals surface area contributed by atoms with Crippen LogP contribution in [0.2, 0.25) is 0 Å². The Labute approximate surface area is 523 Å². The van der Waals surface area contributed by atoms with E-state index in [0.717, 1.165) is 116 Å². The number of anilines is 1. The summed E-state index contributed by atoms with van der Waals surface area (Å²) in [4.78, 5) is 90.3. The standard InChI is InChI=1S/C66H96N8O11S2/c1-9-27-82-29-30-83-28-26-72(42-66(6,7)87-86-31-14-18-56(75)44(4)71-62(78)50(15-11-23-69-65(67)68)36-57(76)45(5)70-61(77)10-2)53-34-46(40-84-58-37-48-19-21-51-16-12-24-73(51)63(79)54(48)32-43(58)3)33-47(35-53)41-85-60-38-49-20-22-52-17-13-25-74(52)64(80)55(49)39-59(60)81-8/h32-35,37-39,44-45,50-52H,9-31,36,40-42H2,1-8H3,(H,70,77)(H,71,78)(H4,67,68,69)/t44-,45-,50+,51+,52+/m1/s1. The van der Waals surface area contributed by atoms with E-state index in [4.69, 9.17) is 35.2 Å². The second kappa shape index (κ2) is 33.5. The molecule has 0 bridgehead atoms. The molecule has 0 unspecified atom stereocenters. The molecular formula is C66H96N8O11S2. The number of aliphatic imine (C=N–C) groups is 1. The first-order valence-corrected chi connectivity index (χ1v) is 33.9. The van der Waals surface area contributed by atoms with E-state index < -0.39 is 23.9 Å². The zero-order valence-corrected chi connectivity index (χ0v) is 54.4. The van der Waals surface area contributed by atoms with Crippen molar-refractivity contribution in [1.82, 2.24) is 20.4 Å². The Bertz CT molecular complexity index is 2880. The number of nitrogens with two attached hydrogens (primary N) is 2. The quantitative estimate of drug-likeness (QED) is 0.0183. The topological polar surface area (TPSA) is 247 Å². The Morgan fingerprint density at radius 1 is 0.759 bits per heavy atom. The second-order valence-corrected chi connectivity index (χ2v) is 27.4. The van der Waals surface area contributed by atoms with Gasteiger partial charge in [-0.3, -0.25) is 33.8 Å². The number of amides is 4. The van der Waals surface area contributed by atoms with Gasteiger partial charge in [-0.1, -0.05) is 35.4 Å². The lowest BCUT2D eigenvalue weighted by molar-refractivity contribution is -0.133. The summed E-state index contributed by atoms with van der Waals surface area (Å²) in [5, 5.41) is 5.53. The normalized spacial score (nSPS) is 17.4. The number of carbonyl (C=O) groups is 6. The van der Waals surface area contributed by atoms with Crippen molar-refractivity contribution in [1.29, 1.82) is 0 Å². The van der Waals surface area contributed by atoms with E-state index >= 15 is 0 Å². The summed E-state index contributed by atoms with van der Waals surface area (Å²) in [7, 11) is 5.06. The number of nitrogens with zero attached hydrogens (tertiary/aromatic N) is 4. The smallest absolute Gasteiger partial charge is 0.254 e. The fourth-order valence-corrected chi connectivity index (χ4v) is 14.6. The molecule has 19 nitrogen and oxygen atoms in total. The van der Waals surface area contributed by atoms with Gasteiger partial charge in [0.2, 0.25) is 11.8 Å². The molecule has 0 saturated carbocycles. The van der Waals surface area contributed by atoms with Crippen molar-refractivity contribution < 1.29 is 52.5 Å². The van der Waals surface area contributed by atoms with Crippen LogP contribution in [0.3, 0.4) is 0 Å². The van der Waals surface area contributed by atoms with Crippen LogP contribution >= 0.6 is 21.6 Å². The molecule has 0 spiro atoms. The highest BCUT2D eigenvalue weighted by atomic mass is 33.1. The van der Waals surface area contributed by atoms with E-state index in [0.29, 0.717) is 81.6 Å². The van der Waals surface area contributed by atoms with Crippen LogP contribution in [-0.4, -0.2) is 152 Å². The average Bonchev–Trinajstić information content (AvgIpc) is 3.29. The Morgan fingerprint density at radius 3 is 1.99 bits per heavy atom. The van der Waals surface area contributed by atoms with E-state index in [9.17, 15) is 28.8 Å². The maximum atomic E-state index is 13.8. The van der Waals surface area contributed by atoms with Crippen LogP contribution in [0.5, 0.6) is 17.2 Å². The largest absolute Gasteiger partial charge is 0.493 e. The van der Waals surface area contributed by atoms with Gasteiger partial charge in [-0.05, 0) is 182 Å². The van der Waals surface area contributed by atoms with Gasteiger partial charge in [-0.2, -0.15) is 0 Å². The first-order valence-electron chi connectivity index (χ1n) is 31.5. The van der Waals surface area contributed by atoms with E-state index in [-0.39, 0.29) is 91.1 Å². The molecule has 0 aliphatic carbocycles. The zero-order valence-electron chi connectivity index (χ0n) is 52.8. The second-order valence-electron chi connectivity index (χ2n) is 24.3. The molecule has 4 aliphatic heterocycles. The zero-order chi connectivity index (χ0) is 62.6. The van der Waals surface area contributed by atoms with Crippen LogP contribution in [-0.2, 0) is 54.7 Å². The van der Waals surface area contributed by atoms with Gasteiger partial charge < -0.3 is 60.5 Å². The van der Waals surface area contributed by atoms with Crippen LogP contribution in [0.25, 0.3) is 0 Å². The number of benzene rings is 3. The highest BCUT2D eigenvalue weighted by molar-refractivity contribution is 8.77. The Kier molecular flexibility index (Phi) is 26.4. The molecule has 4 amide bonds. The monoisotopic (exact) mass is 1240 g/mol. The molecule has 4 aliphatic rings. The Morgan fingerprint density at radius 2 is 1.37 bits per heavy atom. The average molecular weight is 1240 g/mol. The van der Waals surface area contributed by atoms with Crippen molar-refractivity contribution >= 4 is 68.4 Å². The fraction of sp³-hybridized carbons (Fsp3) is 0.621. The van der Waals surface area contributed by atoms with Crippen LogP contribution in [0.15, 0.2) is 47.5 Å². The molecule has 3 aromatic rings. The molecule has 21 heteroatoms. The number of nitrogens with one attached hydrogen (secondary N) is 2. The van der Waals surface area contributed by atoms with Crippen molar-refractivity contribution in [3.63, 3.8) is 0 Å². The van der Waals surface area contributed by atoms with Gasteiger partial charge in [0, 0.05) is 104 Å². The summed E-state index contributed by atoms with van der Waals surface area (Å²) in [6.07, 6.45) is 10.3. The van der Waals surface area contributed by atoms with E-state index in [1.54, 1.807) is 49.5 Å². The van der Waals surface area contributed by atoms with Gasteiger partial charge in [0.05, 0.1) is 39.0 Å². The van der Waals surface area contributed by atoms with Crippen molar-refractivity contribution in [2.45, 2.75) is 187 Å². The Balaban J connectivity index is 1.05. The molecule has 5 atom stereocenters. The molecule has 6 N–H and O–H groups in total. The van der Waals surface area contributed by atoms with Crippen molar-refractivity contribution in [2.75, 3.05) is 76.9 Å². The predicted molar refractivity (Wildman–Crippen MR) is 345 cm³/mol. The third kappa shape index (κ3) is 20.0. The summed E-state index contributed by atoms with van der Waals surface area (Å²) in [5.41, 5.74) is 18.2. The number of hydrogen-bond donors (Lipinski definition) is 4. The number of methoxy groups -OCH3 is 1. The molecule has 0 radical (unpaired) electrons. The molecule has 7 rings (SSSR count). The summed E-state index contributed by atoms with van der Waals surface area (Å²) in [6, 6.07) is 13.4. The first kappa shape index (κ1) is 68.5. The summed E-state index contributed by atoms with van der Waals surface area (Å²) < 4.78 is 31.0. The van der Waals surface area contributed by atoms with Gasteiger partial charge in [-0.25, -0.2) is 0 Å². The van der Waals surface area contributed by atoms with Gasteiger partial charge in [0.25, 0.3) is 11.8 Å². The summed E-state index contributed by atoms with van der Waals surface area (Å²) in [6.45, 7) is 19.1. The van der Waals surface area contributed by atoms with E-state index in [1.807, 2.05) is 30.0 Å². The summed E-state index contributed by atoms with van der Waals surface area (Å²) >= 11 is 0. The van der Waals surface area contributed by atoms with Crippen molar-refractivity contribution in [2.24, 2.45) is 22.4 Å². The summed E-state index contributed by atoms with van der Waals surface area (Å²) in [5.74, 6) is 0.839. The lowest BCUT2D eigenvalue weighted by Crippen LogP contribution is -2.44. The third-order valence-corrected chi connectivity index (χ3v) is 20.2. The molecule has 2 fully saturated rings. The van der Waals surface area contributed by atoms with Crippen LogP contribution < -0.4 is 41.2 Å². The number of hydrogen-bond acceptors (Lipinski definition) is 15. The minimum Gasteiger partial charge on any atom is -0.493 e. The highest BCUT2D eigenvalue weighted by Crippen LogP contribution is 2.40. The number of guanidine groups is 1. The van der Waals surface area contributed by atoms with E-state index in [2.05, 4.69) is 70.5 Å². The minimum atomic E-state index is -0.770. The molecule has 3 aromatic carbocycles. The number of fused-ring (bicyclic) bond motifs is 4. The molecular weight excluding hydrogens is 1140 g/mol. The maximum absolute atomic E-state index is 13.8. The Hall–Kier alpha value is -6.03. The SMILES string of the molecule is CCCOCCOCCN(CC(C)(C)SSCCCC(=O)[C@@H](C)NC(=O)[C@@H](CCCN=C(N)N)CC(=O)[C@@H](C)NC(=O)CC)c1cc(COc2cc3c(cc2C)C(=O)N2CCC[C@H]2CC3)cc(COc2cc3c(cc2OC)C(=O)N2CCC[C@H]2CC3)c1. The first-order chi connectivity index (χ1) is 41.8. The van der Waals surface area contributed by atoms with Crippen molar-refractivity contribution in [3.8, 4) is 17.2 Å². The number of carbonyl (C=O) groups excluding carboxylic acids is 6. The molecule has 4 heterocycles. The molecule has 478 valence electrons. The van der Waals surface area contributed by atoms with Crippen LogP contribution in [0.4, 0.5) is 5.69 Å². The third-order valence-electron chi connectivity index (χ3n) is 16.8. The molecule has 2 saturated heterocycles. The maximum Gasteiger partial charge on any atom is 0.254 e. The number of Topliss-reactive ketones (excluding diaryl/α,β-unsaturated/α-hetero) is 2. The van der Waals surface area contributed by atoms with Crippen LogP contribution in [0.1, 0.15) is 174 Å². The number of ketones is 2. The van der Waals surface area contributed by atoms with Gasteiger partial charge in [0.1, 0.15) is 19.0 Å². The minimum absolute atomic E-state index is 0.0575. The van der Waals surface area contributed by atoms with Gasteiger partial charge in [0.15, 0.2) is 29.0 Å². The van der Waals surface area contributed by atoms with Gasteiger partial charge >= 0.3 is 0 Å². The van der Waals surface area contributed by atoms with E-state index in [1.165, 1.54) is 0 Å². The lowest BCUT2D eigenvalue weighted by Gasteiger charge is -2.34. The van der Waals surface area contributed by atoms with Crippen LogP contribution in [0, 0.1) is 12.8 Å².